The van der Waals surface area contributed by atoms with Gasteiger partial charge in [-0.2, -0.15) is 0 Å². The number of ether oxygens (including phenoxy) is 1. The highest BCUT2D eigenvalue weighted by molar-refractivity contribution is 5.77. The van der Waals surface area contributed by atoms with Gasteiger partial charge in [0.15, 0.2) is 0 Å². The summed E-state index contributed by atoms with van der Waals surface area (Å²) in [5.41, 5.74) is -0.0854. The van der Waals surface area contributed by atoms with E-state index in [2.05, 4.69) is 25.5 Å². The van der Waals surface area contributed by atoms with Crippen LogP contribution in [0.5, 0.6) is 0 Å². The molecule has 2 bridgehead atoms. The lowest BCUT2D eigenvalue weighted by Gasteiger charge is -2.44. The molecule has 2 fully saturated rings. The van der Waals surface area contributed by atoms with Crippen LogP contribution in [0, 0.1) is 5.41 Å². The quantitative estimate of drug-likeness (QED) is 0.508. The molecule has 2 rings (SSSR count). The van der Waals surface area contributed by atoms with Crippen molar-refractivity contribution in [3.8, 4) is 0 Å². The van der Waals surface area contributed by atoms with E-state index in [-0.39, 0.29) is 23.5 Å². The van der Waals surface area contributed by atoms with Crippen LogP contribution in [-0.4, -0.2) is 29.0 Å². The molecule has 2 saturated heterocycles. The maximum Gasteiger partial charge on any atom is 0.418 e. The number of nitrogens with zero attached hydrogens (tertiary/aromatic N) is 1. The van der Waals surface area contributed by atoms with Crippen LogP contribution in [0.1, 0.15) is 46.5 Å². The topological polar surface area (TPSA) is 46.6 Å². The molecule has 4 nitrogen and oxygen atoms in total. The molecule has 0 unspecified atom stereocenters. The van der Waals surface area contributed by atoms with Crippen LogP contribution in [0.25, 0.3) is 0 Å². The second-order valence-corrected chi connectivity index (χ2v) is 5.86. The van der Waals surface area contributed by atoms with E-state index in [1.54, 1.807) is 0 Å². The first-order valence-electron chi connectivity index (χ1n) is 5.86. The molecule has 90 valence electrons. The maximum absolute atomic E-state index is 11.8. The highest BCUT2D eigenvalue weighted by atomic mass is 16.6. The van der Waals surface area contributed by atoms with Gasteiger partial charge in [0, 0.05) is 6.04 Å². The Kier molecular flexibility index (Phi) is 2.48. The monoisotopic (exact) mass is 225 g/mol. The number of hydrogen-bond acceptors (Lipinski definition) is 3. The smallest absolute Gasteiger partial charge is 0.379 e. The molecule has 2 aliphatic rings. The van der Waals surface area contributed by atoms with E-state index in [0.717, 1.165) is 25.7 Å². The first kappa shape index (κ1) is 11.4. The van der Waals surface area contributed by atoms with Crippen molar-refractivity contribution in [1.29, 1.82) is 0 Å². The fourth-order valence-corrected chi connectivity index (χ4v) is 3.46. The van der Waals surface area contributed by atoms with Crippen molar-refractivity contribution in [1.82, 2.24) is 4.90 Å². The second-order valence-electron chi connectivity index (χ2n) is 5.86. The summed E-state index contributed by atoms with van der Waals surface area (Å²) in [5.74, 6) is 0. The Balaban J connectivity index is 2.31. The van der Waals surface area contributed by atoms with E-state index >= 15 is 0 Å². The Morgan fingerprint density at radius 2 is 1.94 bits per heavy atom. The van der Waals surface area contributed by atoms with Crippen LogP contribution in [0.3, 0.4) is 0 Å². The van der Waals surface area contributed by atoms with Crippen molar-refractivity contribution >= 4 is 12.6 Å². The Labute approximate surface area is 95.9 Å². The fourth-order valence-electron chi connectivity index (χ4n) is 3.46. The summed E-state index contributed by atoms with van der Waals surface area (Å²) >= 11 is 0. The predicted molar refractivity (Wildman–Crippen MR) is 58.8 cm³/mol. The molecular formula is C12H19NO3. The van der Waals surface area contributed by atoms with E-state index in [1.165, 1.54) is 0 Å². The summed E-state index contributed by atoms with van der Waals surface area (Å²) in [6.07, 6.45) is 3.64. The van der Waals surface area contributed by atoms with Crippen molar-refractivity contribution in [2.45, 2.75) is 58.0 Å². The normalized spacial score (nSPS) is 32.9. The van der Waals surface area contributed by atoms with Crippen molar-refractivity contribution in [3.05, 3.63) is 0 Å². The van der Waals surface area contributed by atoms with Gasteiger partial charge in [-0.15, -0.1) is 0 Å². The van der Waals surface area contributed by atoms with E-state index in [4.69, 9.17) is 0 Å². The van der Waals surface area contributed by atoms with E-state index in [1.807, 2.05) is 4.90 Å². The first-order valence-corrected chi connectivity index (χ1v) is 5.86. The van der Waals surface area contributed by atoms with Gasteiger partial charge in [-0.1, -0.05) is 20.8 Å². The van der Waals surface area contributed by atoms with Gasteiger partial charge in [-0.3, -0.25) is 9.69 Å². The summed E-state index contributed by atoms with van der Waals surface area (Å²) in [6, 6.07) is 0.270. The third-order valence-electron chi connectivity index (χ3n) is 4.35. The lowest BCUT2D eigenvalue weighted by Crippen LogP contribution is -2.53. The highest BCUT2D eigenvalue weighted by Crippen LogP contribution is 2.55. The van der Waals surface area contributed by atoms with Gasteiger partial charge in [0.05, 0.1) is 5.54 Å². The molecule has 0 radical (unpaired) electrons. The van der Waals surface area contributed by atoms with E-state index < -0.39 is 6.09 Å². The van der Waals surface area contributed by atoms with Gasteiger partial charge < -0.3 is 4.74 Å². The Bertz CT molecular complexity index is 311. The number of carbonyl (C=O) groups excluding carboxylic acids is 2. The molecule has 0 saturated carbocycles. The minimum atomic E-state index is -0.468. The van der Waals surface area contributed by atoms with Gasteiger partial charge in [0.25, 0.3) is 0 Å². The van der Waals surface area contributed by atoms with E-state index in [9.17, 15) is 9.59 Å². The average Bonchev–Trinajstić information content (AvgIpc) is 2.72. The highest BCUT2D eigenvalue weighted by Gasteiger charge is 2.59. The second kappa shape index (κ2) is 3.47. The predicted octanol–water partition coefficient (Wildman–Crippen LogP) is 2.32. The average molecular weight is 225 g/mol. The molecular weight excluding hydrogens is 206 g/mol. The molecule has 0 aliphatic carbocycles. The number of amides is 1. The Morgan fingerprint density at radius 3 is 2.38 bits per heavy atom. The zero-order valence-electron chi connectivity index (χ0n) is 10.2. The largest absolute Gasteiger partial charge is 0.418 e. The van der Waals surface area contributed by atoms with Crippen LogP contribution in [0.4, 0.5) is 4.79 Å². The fraction of sp³-hybridized carbons (Fsp3) is 0.833. The van der Waals surface area contributed by atoms with Crippen LogP contribution in [0.15, 0.2) is 0 Å². The van der Waals surface area contributed by atoms with Crippen molar-refractivity contribution in [3.63, 3.8) is 0 Å². The number of carbonyl (C=O) groups is 2. The lowest BCUT2D eigenvalue weighted by molar-refractivity contribution is -0.125. The maximum atomic E-state index is 11.8. The van der Waals surface area contributed by atoms with Crippen LogP contribution < -0.4 is 0 Å². The van der Waals surface area contributed by atoms with Crippen LogP contribution >= 0.6 is 0 Å². The van der Waals surface area contributed by atoms with Gasteiger partial charge >= 0.3 is 12.6 Å². The minimum Gasteiger partial charge on any atom is -0.379 e. The summed E-state index contributed by atoms with van der Waals surface area (Å²) in [5, 5.41) is 0. The molecule has 16 heavy (non-hydrogen) atoms. The van der Waals surface area contributed by atoms with E-state index in [0.29, 0.717) is 0 Å². The van der Waals surface area contributed by atoms with Gasteiger partial charge in [-0.05, 0) is 31.1 Å². The molecule has 0 N–H and O–H groups in total. The standard InChI is InChI=1S/C12H19NO3/c1-11(2,3)12-6-4-9(5-7-12)13(12)10(15)16-8-14/h8-9H,4-7H2,1-3H3. The third kappa shape index (κ3) is 1.35. The van der Waals surface area contributed by atoms with Crippen LogP contribution in [-0.2, 0) is 9.53 Å². The molecule has 0 spiro atoms. The van der Waals surface area contributed by atoms with Crippen molar-refractivity contribution in [2.75, 3.05) is 0 Å². The minimum absolute atomic E-state index is 0.0279. The molecule has 2 heterocycles. The molecule has 4 heteroatoms. The number of fused-ring (bicyclic) bond motifs is 2. The molecule has 0 aromatic rings. The summed E-state index contributed by atoms with van der Waals surface area (Å²) in [7, 11) is 0. The van der Waals surface area contributed by atoms with Gasteiger partial charge in [0.1, 0.15) is 0 Å². The zero-order valence-corrected chi connectivity index (χ0v) is 10.2. The SMILES string of the molecule is CC(C)(C)C12CCC(CC1)N2C(=O)OC=O. The van der Waals surface area contributed by atoms with Gasteiger partial charge in [-0.25, -0.2) is 4.79 Å². The molecule has 0 aromatic carbocycles. The first-order chi connectivity index (χ1) is 7.42. The summed E-state index contributed by atoms with van der Waals surface area (Å²) < 4.78 is 4.53. The van der Waals surface area contributed by atoms with Crippen LogP contribution in [0.2, 0.25) is 0 Å². The number of hydrogen-bond donors (Lipinski definition) is 0. The third-order valence-corrected chi connectivity index (χ3v) is 4.35. The lowest BCUT2D eigenvalue weighted by atomic mass is 9.69. The molecule has 0 aromatic heterocycles. The summed E-state index contributed by atoms with van der Waals surface area (Å²) in [4.78, 5) is 23.9. The van der Waals surface area contributed by atoms with Crippen molar-refractivity contribution < 1.29 is 14.3 Å². The van der Waals surface area contributed by atoms with Crippen molar-refractivity contribution in [2.24, 2.45) is 5.41 Å². The molecule has 2 aliphatic heterocycles. The zero-order chi connectivity index (χ0) is 12.0. The summed E-state index contributed by atoms with van der Waals surface area (Å²) in [6.45, 7) is 6.70. The number of rotatable bonds is 1. The molecule has 0 atom stereocenters. The van der Waals surface area contributed by atoms with Gasteiger partial charge in [0.2, 0.25) is 0 Å². The Hall–Kier alpha value is -1.06. The Morgan fingerprint density at radius 1 is 1.38 bits per heavy atom. The molecule has 1 amide bonds.